The summed E-state index contributed by atoms with van der Waals surface area (Å²) in [5, 5.41) is 4.16. The molecule has 2 fully saturated rings. The maximum Gasteiger partial charge on any atom is 0.252 e. The van der Waals surface area contributed by atoms with Gasteiger partial charge in [-0.05, 0) is 55.4 Å². The Morgan fingerprint density at radius 1 is 1.08 bits per heavy atom. The molecule has 2 aromatic heterocycles. The average Bonchev–Trinajstić information content (AvgIpc) is 2.65. The molecule has 0 radical (unpaired) electrons. The van der Waals surface area contributed by atoms with Crippen molar-refractivity contribution in [2.75, 3.05) is 0 Å². The van der Waals surface area contributed by atoms with E-state index in [0.29, 0.717) is 17.5 Å². The van der Waals surface area contributed by atoms with E-state index in [1.54, 1.807) is 12.4 Å². The van der Waals surface area contributed by atoms with Crippen molar-refractivity contribution in [3.8, 4) is 11.3 Å². The second-order valence-electron chi connectivity index (χ2n) is 7.13. The Morgan fingerprint density at radius 3 is 2.64 bits per heavy atom. The minimum absolute atomic E-state index is 0.0178. The number of nitrogens with one attached hydrogen (secondary N) is 1. The van der Waals surface area contributed by atoms with Crippen molar-refractivity contribution in [3.05, 3.63) is 60.4 Å². The molecule has 2 saturated carbocycles. The smallest absolute Gasteiger partial charge is 0.252 e. The summed E-state index contributed by atoms with van der Waals surface area (Å²) in [6.07, 6.45) is 7.22. The van der Waals surface area contributed by atoms with Gasteiger partial charge in [-0.1, -0.05) is 18.2 Å². The molecular formula is C21H19N3O. The number of pyridine rings is 2. The Hall–Kier alpha value is -2.75. The molecule has 3 unspecified atom stereocenters. The van der Waals surface area contributed by atoms with Gasteiger partial charge in [0.15, 0.2) is 0 Å². The number of benzene rings is 1. The number of amides is 1. The standard InChI is InChI=1S/C21H19N3O/c25-21(24-20-11-14-5-6-15(14)20)17-12-19(13-7-9-22-10-8-13)23-18-4-2-1-3-16(17)18/h1-4,7-10,12,14-15,20H,5-6,11H2,(H,24,25). The van der Waals surface area contributed by atoms with Crippen LogP contribution >= 0.6 is 0 Å². The number of rotatable bonds is 3. The summed E-state index contributed by atoms with van der Waals surface area (Å²) < 4.78 is 0. The molecule has 3 aromatic rings. The fourth-order valence-electron chi connectivity index (χ4n) is 4.17. The third-order valence-electron chi connectivity index (χ3n) is 5.80. The van der Waals surface area contributed by atoms with Crippen LogP contribution in [0.4, 0.5) is 0 Å². The first-order chi connectivity index (χ1) is 12.3. The number of hydrogen-bond acceptors (Lipinski definition) is 3. The number of aromatic nitrogens is 2. The van der Waals surface area contributed by atoms with Crippen molar-refractivity contribution in [1.29, 1.82) is 0 Å². The molecule has 5 rings (SSSR count). The molecule has 2 aliphatic carbocycles. The first kappa shape index (κ1) is 14.6. The summed E-state index contributed by atoms with van der Waals surface area (Å²) in [7, 11) is 0. The maximum absolute atomic E-state index is 13.0. The van der Waals surface area contributed by atoms with E-state index in [1.807, 2.05) is 42.5 Å². The molecule has 0 aliphatic heterocycles. The number of fused-ring (bicyclic) bond motifs is 2. The monoisotopic (exact) mass is 329 g/mol. The maximum atomic E-state index is 13.0. The van der Waals surface area contributed by atoms with Crippen molar-refractivity contribution in [2.24, 2.45) is 11.8 Å². The van der Waals surface area contributed by atoms with Gasteiger partial charge in [-0.15, -0.1) is 0 Å². The molecule has 0 saturated heterocycles. The molecule has 3 atom stereocenters. The lowest BCUT2D eigenvalue weighted by atomic mass is 9.56. The van der Waals surface area contributed by atoms with E-state index in [0.717, 1.165) is 34.5 Å². The lowest BCUT2D eigenvalue weighted by Gasteiger charge is -2.53. The number of nitrogens with zero attached hydrogens (tertiary/aromatic N) is 2. The molecule has 2 heterocycles. The SMILES string of the molecule is O=C(NC1CC2CCC21)c1cc(-c2ccncc2)nc2ccccc12. The van der Waals surface area contributed by atoms with Gasteiger partial charge in [-0.25, -0.2) is 4.98 Å². The number of hydrogen-bond donors (Lipinski definition) is 1. The topological polar surface area (TPSA) is 54.9 Å². The summed E-state index contributed by atoms with van der Waals surface area (Å²) in [6.45, 7) is 0. The normalized spacial score (nSPS) is 24.1. The van der Waals surface area contributed by atoms with Crippen molar-refractivity contribution in [3.63, 3.8) is 0 Å². The van der Waals surface area contributed by atoms with Crippen LogP contribution in [0.5, 0.6) is 0 Å². The quantitative estimate of drug-likeness (QED) is 0.794. The van der Waals surface area contributed by atoms with E-state index in [9.17, 15) is 4.79 Å². The second kappa shape index (κ2) is 5.66. The fraction of sp³-hybridized carbons (Fsp3) is 0.286. The molecule has 1 N–H and O–H groups in total. The van der Waals surface area contributed by atoms with Gasteiger partial charge in [0.2, 0.25) is 0 Å². The highest BCUT2D eigenvalue weighted by atomic mass is 16.1. The zero-order valence-electron chi connectivity index (χ0n) is 13.9. The van der Waals surface area contributed by atoms with Crippen molar-refractivity contribution < 1.29 is 4.79 Å². The summed E-state index contributed by atoms with van der Waals surface area (Å²) in [6, 6.07) is 13.9. The van der Waals surface area contributed by atoms with Gasteiger partial charge in [-0.3, -0.25) is 9.78 Å². The fourth-order valence-corrected chi connectivity index (χ4v) is 4.17. The number of para-hydroxylation sites is 1. The Bertz CT molecular complexity index is 954. The first-order valence-corrected chi connectivity index (χ1v) is 8.90. The van der Waals surface area contributed by atoms with Gasteiger partial charge in [0, 0.05) is 29.4 Å². The Labute approximate surface area is 146 Å². The van der Waals surface area contributed by atoms with Gasteiger partial charge in [0.1, 0.15) is 0 Å². The minimum Gasteiger partial charge on any atom is -0.349 e. The van der Waals surface area contributed by atoms with E-state index in [-0.39, 0.29) is 5.91 Å². The summed E-state index contributed by atoms with van der Waals surface area (Å²) >= 11 is 0. The molecule has 25 heavy (non-hydrogen) atoms. The number of carbonyl (C=O) groups excluding carboxylic acids is 1. The molecular weight excluding hydrogens is 310 g/mol. The molecule has 4 heteroatoms. The van der Waals surface area contributed by atoms with Gasteiger partial charge in [-0.2, -0.15) is 0 Å². The van der Waals surface area contributed by atoms with E-state index in [2.05, 4.69) is 10.3 Å². The van der Waals surface area contributed by atoms with E-state index < -0.39 is 0 Å². The van der Waals surface area contributed by atoms with Crippen LogP contribution in [0.3, 0.4) is 0 Å². The Balaban J connectivity index is 1.54. The van der Waals surface area contributed by atoms with E-state index in [4.69, 9.17) is 4.98 Å². The van der Waals surface area contributed by atoms with Crippen molar-refractivity contribution in [1.82, 2.24) is 15.3 Å². The highest BCUT2D eigenvalue weighted by Crippen LogP contribution is 2.50. The molecule has 0 spiro atoms. The predicted octanol–water partition coefficient (Wildman–Crippen LogP) is 3.83. The third kappa shape index (κ3) is 2.40. The lowest BCUT2D eigenvalue weighted by Crippen LogP contribution is -2.57. The van der Waals surface area contributed by atoms with Gasteiger partial charge < -0.3 is 5.32 Å². The highest BCUT2D eigenvalue weighted by molar-refractivity contribution is 6.07. The van der Waals surface area contributed by atoms with E-state index >= 15 is 0 Å². The molecule has 0 bridgehead atoms. The van der Waals surface area contributed by atoms with Gasteiger partial charge in [0.25, 0.3) is 5.91 Å². The van der Waals surface area contributed by atoms with Crippen LogP contribution in [-0.2, 0) is 0 Å². The van der Waals surface area contributed by atoms with Crippen molar-refractivity contribution in [2.45, 2.75) is 25.3 Å². The molecule has 1 amide bonds. The lowest BCUT2D eigenvalue weighted by molar-refractivity contribution is 0.00669. The minimum atomic E-state index is 0.0178. The van der Waals surface area contributed by atoms with Crippen LogP contribution in [0.1, 0.15) is 29.6 Å². The molecule has 124 valence electrons. The van der Waals surface area contributed by atoms with Crippen LogP contribution < -0.4 is 5.32 Å². The number of carbonyl (C=O) groups is 1. The zero-order chi connectivity index (χ0) is 16.8. The summed E-state index contributed by atoms with van der Waals surface area (Å²) in [5.41, 5.74) is 3.33. The average molecular weight is 329 g/mol. The van der Waals surface area contributed by atoms with Crippen LogP contribution in [0.15, 0.2) is 54.9 Å². The van der Waals surface area contributed by atoms with Gasteiger partial charge >= 0.3 is 0 Å². The Morgan fingerprint density at radius 2 is 1.92 bits per heavy atom. The molecule has 2 aliphatic rings. The van der Waals surface area contributed by atoms with E-state index in [1.165, 1.54) is 12.8 Å². The van der Waals surface area contributed by atoms with Gasteiger partial charge in [0.05, 0.1) is 16.8 Å². The van der Waals surface area contributed by atoms with Crippen LogP contribution in [-0.4, -0.2) is 21.9 Å². The molecule has 4 nitrogen and oxygen atoms in total. The summed E-state index contributed by atoms with van der Waals surface area (Å²) in [4.78, 5) is 21.8. The third-order valence-corrected chi connectivity index (χ3v) is 5.80. The first-order valence-electron chi connectivity index (χ1n) is 8.90. The van der Waals surface area contributed by atoms with Crippen LogP contribution in [0.25, 0.3) is 22.2 Å². The predicted molar refractivity (Wildman–Crippen MR) is 97.1 cm³/mol. The Kier molecular flexibility index (Phi) is 3.30. The van der Waals surface area contributed by atoms with Crippen LogP contribution in [0, 0.1) is 11.8 Å². The molecule has 1 aromatic carbocycles. The zero-order valence-corrected chi connectivity index (χ0v) is 13.9. The second-order valence-corrected chi connectivity index (χ2v) is 7.13. The summed E-state index contributed by atoms with van der Waals surface area (Å²) in [5.74, 6) is 1.58. The van der Waals surface area contributed by atoms with Crippen LogP contribution in [0.2, 0.25) is 0 Å². The largest absolute Gasteiger partial charge is 0.349 e. The highest BCUT2D eigenvalue weighted by Gasteiger charge is 2.47. The van der Waals surface area contributed by atoms with Crippen molar-refractivity contribution >= 4 is 16.8 Å².